The minimum Gasteiger partial charge on any atom is -0.497 e. The molecule has 9 nitrogen and oxygen atoms in total. The first-order valence-electron chi connectivity index (χ1n) is 9.63. The van der Waals surface area contributed by atoms with Crippen LogP contribution in [0.2, 0.25) is 0 Å². The van der Waals surface area contributed by atoms with Gasteiger partial charge < -0.3 is 20.1 Å². The van der Waals surface area contributed by atoms with Crippen molar-refractivity contribution in [3.05, 3.63) is 53.8 Å². The van der Waals surface area contributed by atoms with Crippen LogP contribution in [0.3, 0.4) is 0 Å². The van der Waals surface area contributed by atoms with E-state index >= 15 is 0 Å². The van der Waals surface area contributed by atoms with E-state index in [0.717, 1.165) is 6.07 Å². The number of anilines is 1. The van der Waals surface area contributed by atoms with Gasteiger partial charge in [0.25, 0.3) is 5.91 Å². The topological polar surface area (TPSA) is 123 Å². The third kappa shape index (κ3) is 7.50. The van der Waals surface area contributed by atoms with E-state index in [9.17, 15) is 22.4 Å². The Bertz CT molecular complexity index is 1080. The standard InChI is InChI=1S/C21H26FN3O6S/c1-21(2,3)31-20(27)23-10-11-24-32(28,29)16-7-5-6-14(12-16)25-19(26)17-9-8-15(30-4)13-18(17)22/h5-9,12-13,24H,10-11H2,1-4H3,(H,23,27)(H,25,26). The number of benzene rings is 2. The van der Waals surface area contributed by atoms with Crippen molar-refractivity contribution in [1.29, 1.82) is 0 Å². The molecule has 2 aromatic carbocycles. The number of methoxy groups -OCH3 is 1. The van der Waals surface area contributed by atoms with Gasteiger partial charge in [-0.3, -0.25) is 4.79 Å². The van der Waals surface area contributed by atoms with Gasteiger partial charge >= 0.3 is 6.09 Å². The number of carbonyl (C=O) groups is 2. The van der Waals surface area contributed by atoms with E-state index < -0.39 is 33.4 Å². The molecule has 2 rings (SSSR count). The predicted molar refractivity (Wildman–Crippen MR) is 117 cm³/mol. The largest absolute Gasteiger partial charge is 0.497 e. The lowest BCUT2D eigenvalue weighted by atomic mass is 10.2. The Labute approximate surface area is 186 Å². The Morgan fingerprint density at radius 3 is 2.41 bits per heavy atom. The second-order valence-corrected chi connectivity index (χ2v) is 9.42. The normalized spacial score (nSPS) is 11.5. The molecule has 0 heterocycles. The zero-order chi connectivity index (χ0) is 23.9. The van der Waals surface area contributed by atoms with E-state index in [1.54, 1.807) is 20.8 Å². The molecule has 0 aliphatic heterocycles. The highest BCUT2D eigenvalue weighted by molar-refractivity contribution is 7.89. The Morgan fingerprint density at radius 2 is 1.78 bits per heavy atom. The number of amides is 2. The molecule has 0 aliphatic carbocycles. The number of hydrogen-bond acceptors (Lipinski definition) is 6. The number of hydrogen-bond donors (Lipinski definition) is 3. The Hall–Kier alpha value is -3.18. The van der Waals surface area contributed by atoms with E-state index in [4.69, 9.17) is 9.47 Å². The summed E-state index contributed by atoms with van der Waals surface area (Å²) in [6, 6.07) is 9.27. The maximum atomic E-state index is 14.1. The molecule has 0 bridgehead atoms. The number of ether oxygens (including phenoxy) is 2. The summed E-state index contributed by atoms with van der Waals surface area (Å²) in [5, 5.41) is 4.91. The lowest BCUT2D eigenvalue weighted by Gasteiger charge is -2.19. The maximum Gasteiger partial charge on any atom is 0.407 e. The van der Waals surface area contributed by atoms with Gasteiger partial charge in [0.05, 0.1) is 17.6 Å². The van der Waals surface area contributed by atoms with E-state index in [-0.39, 0.29) is 35.0 Å². The quantitative estimate of drug-likeness (QED) is 0.513. The summed E-state index contributed by atoms with van der Waals surface area (Å²) in [7, 11) is -2.54. The number of nitrogens with one attached hydrogen (secondary N) is 3. The molecule has 0 saturated heterocycles. The minimum atomic E-state index is -3.92. The molecule has 0 aromatic heterocycles. The summed E-state index contributed by atoms with van der Waals surface area (Å²) >= 11 is 0. The molecule has 32 heavy (non-hydrogen) atoms. The van der Waals surface area contributed by atoms with Gasteiger partial charge in [0.15, 0.2) is 0 Å². The summed E-state index contributed by atoms with van der Waals surface area (Å²) in [6.07, 6.45) is -0.660. The lowest BCUT2D eigenvalue weighted by molar-refractivity contribution is 0.0528. The smallest absolute Gasteiger partial charge is 0.407 e. The van der Waals surface area contributed by atoms with Gasteiger partial charge in [0, 0.05) is 24.8 Å². The molecule has 0 saturated carbocycles. The zero-order valence-corrected chi connectivity index (χ0v) is 19.0. The molecule has 0 fully saturated rings. The number of carbonyl (C=O) groups excluding carboxylic acids is 2. The highest BCUT2D eigenvalue weighted by Crippen LogP contribution is 2.19. The average molecular weight is 468 g/mol. The van der Waals surface area contributed by atoms with Crippen LogP contribution in [0.15, 0.2) is 47.4 Å². The number of halogens is 1. The van der Waals surface area contributed by atoms with Gasteiger partial charge in [0.2, 0.25) is 10.0 Å². The van der Waals surface area contributed by atoms with Crippen molar-refractivity contribution in [1.82, 2.24) is 10.0 Å². The first-order chi connectivity index (χ1) is 14.9. The first-order valence-corrected chi connectivity index (χ1v) is 11.1. The molecule has 11 heteroatoms. The van der Waals surface area contributed by atoms with Crippen LogP contribution in [0.5, 0.6) is 5.75 Å². The lowest BCUT2D eigenvalue weighted by Crippen LogP contribution is -2.37. The fourth-order valence-corrected chi connectivity index (χ4v) is 3.57. The highest BCUT2D eigenvalue weighted by Gasteiger charge is 2.18. The van der Waals surface area contributed by atoms with Crippen molar-refractivity contribution in [2.75, 3.05) is 25.5 Å². The van der Waals surface area contributed by atoms with Crippen LogP contribution < -0.4 is 20.1 Å². The number of sulfonamides is 1. The number of alkyl carbamates (subject to hydrolysis) is 1. The van der Waals surface area contributed by atoms with Crippen LogP contribution in [0.4, 0.5) is 14.9 Å². The minimum absolute atomic E-state index is 0.0152. The van der Waals surface area contributed by atoms with E-state index in [1.807, 2.05) is 0 Å². The molecule has 0 radical (unpaired) electrons. The predicted octanol–water partition coefficient (Wildman–Crippen LogP) is 2.89. The van der Waals surface area contributed by atoms with E-state index in [1.165, 1.54) is 43.5 Å². The summed E-state index contributed by atoms with van der Waals surface area (Å²) in [5.41, 5.74) is -0.714. The van der Waals surface area contributed by atoms with Gasteiger partial charge in [-0.25, -0.2) is 22.3 Å². The van der Waals surface area contributed by atoms with Crippen molar-refractivity contribution in [2.45, 2.75) is 31.3 Å². The molecular weight excluding hydrogens is 441 g/mol. The Kier molecular flexibility index (Phi) is 8.17. The van der Waals surface area contributed by atoms with Crippen molar-refractivity contribution < 1.29 is 31.9 Å². The highest BCUT2D eigenvalue weighted by atomic mass is 32.2. The third-order valence-corrected chi connectivity index (χ3v) is 5.37. The van der Waals surface area contributed by atoms with Crippen molar-refractivity contribution in [3.63, 3.8) is 0 Å². The molecule has 174 valence electrons. The molecule has 2 amide bonds. The van der Waals surface area contributed by atoms with Crippen LogP contribution in [0, 0.1) is 5.82 Å². The third-order valence-electron chi connectivity index (χ3n) is 3.91. The van der Waals surface area contributed by atoms with Gasteiger partial charge in [-0.15, -0.1) is 0 Å². The average Bonchev–Trinajstić information content (AvgIpc) is 2.70. The van der Waals surface area contributed by atoms with Crippen molar-refractivity contribution >= 4 is 27.7 Å². The molecule has 2 aromatic rings. The van der Waals surface area contributed by atoms with Crippen molar-refractivity contribution in [2.24, 2.45) is 0 Å². The maximum absolute atomic E-state index is 14.1. The zero-order valence-electron chi connectivity index (χ0n) is 18.2. The van der Waals surface area contributed by atoms with Crippen LogP contribution >= 0.6 is 0 Å². The molecular formula is C21H26FN3O6S. The van der Waals surface area contributed by atoms with Gasteiger partial charge in [-0.05, 0) is 51.1 Å². The molecule has 0 aliphatic rings. The summed E-state index contributed by atoms with van der Waals surface area (Å²) in [4.78, 5) is 23.8. The van der Waals surface area contributed by atoms with Crippen LogP contribution in [-0.2, 0) is 14.8 Å². The molecule has 0 unspecified atom stereocenters. The first kappa shape index (κ1) is 25.1. The van der Waals surface area contributed by atoms with Crippen LogP contribution in [0.1, 0.15) is 31.1 Å². The molecule has 0 atom stereocenters. The fourth-order valence-electron chi connectivity index (χ4n) is 2.49. The second-order valence-electron chi connectivity index (χ2n) is 7.65. The molecule has 3 N–H and O–H groups in total. The van der Waals surface area contributed by atoms with Gasteiger partial charge in [-0.1, -0.05) is 6.07 Å². The second kappa shape index (κ2) is 10.4. The summed E-state index contributed by atoms with van der Waals surface area (Å²) < 4.78 is 51.4. The van der Waals surface area contributed by atoms with Crippen molar-refractivity contribution in [3.8, 4) is 5.75 Å². The molecule has 0 spiro atoms. The monoisotopic (exact) mass is 467 g/mol. The van der Waals surface area contributed by atoms with Crippen LogP contribution in [0.25, 0.3) is 0 Å². The van der Waals surface area contributed by atoms with Gasteiger partial charge in [0.1, 0.15) is 17.2 Å². The Balaban J connectivity index is 1.99. The summed E-state index contributed by atoms with van der Waals surface area (Å²) in [5.74, 6) is -1.25. The summed E-state index contributed by atoms with van der Waals surface area (Å²) in [6.45, 7) is 5.08. The SMILES string of the molecule is COc1ccc(C(=O)Nc2cccc(S(=O)(=O)NCCNC(=O)OC(C)(C)C)c2)c(F)c1. The van der Waals surface area contributed by atoms with E-state index in [0.29, 0.717) is 0 Å². The van der Waals surface area contributed by atoms with E-state index in [2.05, 4.69) is 15.4 Å². The fraction of sp³-hybridized carbons (Fsp3) is 0.333. The van der Waals surface area contributed by atoms with Gasteiger partial charge in [-0.2, -0.15) is 0 Å². The van der Waals surface area contributed by atoms with Crippen LogP contribution in [-0.4, -0.2) is 46.2 Å². The number of rotatable bonds is 8. The Morgan fingerprint density at radius 1 is 1.06 bits per heavy atom.